The number of carbonyl (C=O) groups is 1. The highest BCUT2D eigenvalue weighted by Gasteiger charge is 2.58. The van der Waals surface area contributed by atoms with Gasteiger partial charge in [0.05, 0.1) is 18.9 Å². The molecule has 3 aliphatic rings. The van der Waals surface area contributed by atoms with Gasteiger partial charge in [-0.2, -0.15) is 4.98 Å². The van der Waals surface area contributed by atoms with Crippen LogP contribution >= 0.6 is 0 Å². The van der Waals surface area contributed by atoms with Crippen LogP contribution in [0.1, 0.15) is 30.1 Å². The van der Waals surface area contributed by atoms with Crippen LogP contribution in [0.4, 0.5) is 0 Å². The lowest BCUT2D eigenvalue weighted by atomic mass is 9.81. The van der Waals surface area contributed by atoms with Gasteiger partial charge in [-0.3, -0.25) is 9.69 Å². The van der Waals surface area contributed by atoms with Crippen molar-refractivity contribution in [1.29, 1.82) is 0 Å². The summed E-state index contributed by atoms with van der Waals surface area (Å²) >= 11 is 0. The zero-order chi connectivity index (χ0) is 21.4. The Morgan fingerprint density at radius 3 is 2.84 bits per heavy atom. The molecule has 1 aromatic heterocycles. The van der Waals surface area contributed by atoms with Crippen molar-refractivity contribution in [1.82, 2.24) is 19.9 Å². The van der Waals surface area contributed by atoms with Gasteiger partial charge >= 0.3 is 0 Å². The molecule has 8 nitrogen and oxygen atoms in total. The van der Waals surface area contributed by atoms with E-state index in [1.807, 2.05) is 36.1 Å². The molecule has 0 aliphatic carbocycles. The third kappa shape index (κ3) is 3.83. The summed E-state index contributed by atoms with van der Waals surface area (Å²) < 4.78 is 16.6. The van der Waals surface area contributed by atoms with Gasteiger partial charge in [-0.1, -0.05) is 17.3 Å². The molecular weight excluding hydrogens is 396 g/mol. The smallest absolute Gasteiger partial charge is 0.236 e. The van der Waals surface area contributed by atoms with Crippen LogP contribution in [0.15, 0.2) is 28.8 Å². The standard InChI is InChI=1S/C23H30N4O4/c1-16-24-22(31-25-16)23-14-26(19-6-8-30-9-7-19)12-18(23)13-27(15-23)21(28)11-17-4-3-5-20(10-17)29-2/h3-5,10,18-19H,6-9,11-15H2,1-2H3/t18-,23-/m1/s1. The number of rotatable bonds is 5. The Labute approximate surface area is 182 Å². The second kappa shape index (κ2) is 8.24. The Balaban J connectivity index is 1.35. The molecule has 3 saturated heterocycles. The minimum absolute atomic E-state index is 0.135. The second-order valence-electron chi connectivity index (χ2n) is 9.08. The number of amides is 1. The topological polar surface area (TPSA) is 80.9 Å². The number of ether oxygens (including phenoxy) is 2. The maximum atomic E-state index is 13.2. The Morgan fingerprint density at radius 2 is 2.10 bits per heavy atom. The molecule has 1 amide bonds. The van der Waals surface area contributed by atoms with Crippen molar-refractivity contribution < 1.29 is 18.8 Å². The number of fused-ring (bicyclic) bond motifs is 1. The zero-order valence-corrected chi connectivity index (χ0v) is 18.2. The highest BCUT2D eigenvalue weighted by atomic mass is 16.5. The quantitative estimate of drug-likeness (QED) is 0.721. The Hall–Kier alpha value is -2.45. The average molecular weight is 427 g/mol. The van der Waals surface area contributed by atoms with Crippen LogP contribution in [-0.4, -0.2) is 78.4 Å². The van der Waals surface area contributed by atoms with E-state index in [4.69, 9.17) is 14.0 Å². The van der Waals surface area contributed by atoms with Crippen molar-refractivity contribution in [2.45, 2.75) is 37.6 Å². The highest BCUT2D eigenvalue weighted by Crippen LogP contribution is 2.45. The second-order valence-corrected chi connectivity index (χ2v) is 9.08. The van der Waals surface area contributed by atoms with Crippen LogP contribution in [-0.2, 0) is 21.4 Å². The van der Waals surface area contributed by atoms with E-state index in [1.54, 1.807) is 7.11 Å². The molecule has 0 bridgehead atoms. The number of aromatic nitrogens is 2. The molecule has 2 aromatic rings. The van der Waals surface area contributed by atoms with Gasteiger partial charge in [-0.25, -0.2) is 0 Å². The maximum absolute atomic E-state index is 13.2. The number of nitrogens with zero attached hydrogens (tertiary/aromatic N) is 4. The minimum Gasteiger partial charge on any atom is -0.497 e. The van der Waals surface area contributed by atoms with E-state index in [-0.39, 0.29) is 11.3 Å². The molecule has 0 radical (unpaired) electrons. The predicted octanol–water partition coefficient (Wildman–Crippen LogP) is 1.82. The predicted molar refractivity (Wildman–Crippen MR) is 113 cm³/mol. The van der Waals surface area contributed by atoms with Gasteiger partial charge in [0.2, 0.25) is 11.8 Å². The highest BCUT2D eigenvalue weighted by molar-refractivity contribution is 5.79. The molecular formula is C23H30N4O4. The lowest BCUT2D eigenvalue weighted by Crippen LogP contribution is -2.44. The van der Waals surface area contributed by atoms with Gasteiger partial charge < -0.3 is 18.9 Å². The summed E-state index contributed by atoms with van der Waals surface area (Å²) in [6.45, 7) is 6.66. The number of likely N-dealkylation sites (tertiary alicyclic amines) is 2. The van der Waals surface area contributed by atoms with Crippen LogP contribution in [0.2, 0.25) is 0 Å². The summed E-state index contributed by atoms with van der Waals surface area (Å²) in [5.41, 5.74) is 0.678. The van der Waals surface area contributed by atoms with Crippen LogP contribution in [0.5, 0.6) is 5.75 Å². The van der Waals surface area contributed by atoms with Crippen molar-refractivity contribution in [3.8, 4) is 5.75 Å². The minimum atomic E-state index is -0.288. The number of hydrogen-bond acceptors (Lipinski definition) is 7. The number of methoxy groups -OCH3 is 1. The van der Waals surface area contributed by atoms with E-state index in [0.717, 1.165) is 57.0 Å². The fourth-order valence-electron chi connectivity index (χ4n) is 5.49. The van der Waals surface area contributed by atoms with E-state index in [1.165, 1.54) is 0 Å². The summed E-state index contributed by atoms with van der Waals surface area (Å²) in [5, 5.41) is 4.07. The molecule has 31 heavy (non-hydrogen) atoms. The van der Waals surface area contributed by atoms with Crippen molar-refractivity contribution in [2.75, 3.05) is 46.5 Å². The number of hydrogen-bond donors (Lipinski definition) is 0. The van der Waals surface area contributed by atoms with Crippen molar-refractivity contribution in [2.24, 2.45) is 5.92 Å². The van der Waals surface area contributed by atoms with Gasteiger partial charge in [0, 0.05) is 51.4 Å². The van der Waals surface area contributed by atoms with Gasteiger partial charge in [0.1, 0.15) is 5.75 Å². The first-order valence-electron chi connectivity index (χ1n) is 11.1. The monoisotopic (exact) mass is 426 g/mol. The van der Waals surface area contributed by atoms with Gasteiger partial charge in [-0.15, -0.1) is 0 Å². The summed E-state index contributed by atoms with van der Waals surface area (Å²) in [6, 6.07) is 8.25. The zero-order valence-electron chi connectivity index (χ0n) is 18.2. The lowest BCUT2D eigenvalue weighted by molar-refractivity contribution is -0.129. The Kier molecular flexibility index (Phi) is 5.44. The van der Waals surface area contributed by atoms with E-state index in [2.05, 4.69) is 15.0 Å². The van der Waals surface area contributed by atoms with Crippen molar-refractivity contribution in [3.63, 3.8) is 0 Å². The first kappa shape index (κ1) is 20.5. The number of benzene rings is 1. The van der Waals surface area contributed by atoms with E-state index in [9.17, 15) is 4.79 Å². The molecule has 0 saturated carbocycles. The molecule has 8 heteroatoms. The lowest BCUT2D eigenvalue weighted by Gasteiger charge is -2.33. The third-order valence-electron chi connectivity index (χ3n) is 7.14. The van der Waals surface area contributed by atoms with Gasteiger partial charge in [0.15, 0.2) is 5.82 Å². The molecule has 2 atom stereocenters. The third-order valence-corrected chi connectivity index (χ3v) is 7.14. The van der Waals surface area contributed by atoms with Crippen LogP contribution in [0.25, 0.3) is 0 Å². The molecule has 1 aromatic carbocycles. The molecule has 5 rings (SSSR count). The average Bonchev–Trinajstić information content (AvgIpc) is 3.47. The first-order valence-corrected chi connectivity index (χ1v) is 11.1. The molecule has 3 fully saturated rings. The molecule has 3 aliphatic heterocycles. The van der Waals surface area contributed by atoms with Crippen LogP contribution in [0, 0.1) is 12.8 Å². The van der Waals surface area contributed by atoms with Crippen molar-refractivity contribution in [3.05, 3.63) is 41.5 Å². The van der Waals surface area contributed by atoms with Crippen LogP contribution < -0.4 is 4.74 Å². The maximum Gasteiger partial charge on any atom is 0.236 e. The first-order chi connectivity index (χ1) is 15.1. The SMILES string of the molecule is COc1cccc(CC(=O)N2C[C@H]3CN(C4CCOCC4)C[C@@]3(c3nc(C)no3)C2)c1. The molecule has 0 N–H and O–H groups in total. The van der Waals surface area contributed by atoms with Gasteiger partial charge in [-0.05, 0) is 37.5 Å². The van der Waals surface area contributed by atoms with Gasteiger partial charge in [0.25, 0.3) is 0 Å². The summed E-state index contributed by atoms with van der Waals surface area (Å²) in [5.74, 6) is 2.53. The number of aryl methyl sites for hydroxylation is 1. The normalized spacial score (nSPS) is 26.9. The fourth-order valence-corrected chi connectivity index (χ4v) is 5.49. The summed E-state index contributed by atoms with van der Waals surface area (Å²) in [6.07, 6.45) is 2.49. The molecule has 0 unspecified atom stereocenters. The fraction of sp³-hybridized carbons (Fsp3) is 0.609. The van der Waals surface area contributed by atoms with E-state index in [0.29, 0.717) is 36.6 Å². The van der Waals surface area contributed by atoms with E-state index >= 15 is 0 Å². The van der Waals surface area contributed by atoms with Crippen LogP contribution in [0.3, 0.4) is 0 Å². The molecule has 4 heterocycles. The Bertz CT molecular complexity index is 941. The summed E-state index contributed by atoms with van der Waals surface area (Å²) in [4.78, 5) is 22.4. The summed E-state index contributed by atoms with van der Waals surface area (Å²) in [7, 11) is 1.64. The largest absolute Gasteiger partial charge is 0.497 e. The molecule has 0 spiro atoms. The Morgan fingerprint density at radius 1 is 1.26 bits per heavy atom. The molecule has 166 valence electrons. The van der Waals surface area contributed by atoms with Crippen molar-refractivity contribution >= 4 is 5.91 Å². The van der Waals surface area contributed by atoms with E-state index < -0.39 is 0 Å². The number of carbonyl (C=O) groups excluding carboxylic acids is 1.